The van der Waals surface area contributed by atoms with Crippen molar-refractivity contribution in [2.75, 3.05) is 7.11 Å². The van der Waals surface area contributed by atoms with Crippen molar-refractivity contribution >= 4 is 11.9 Å². The lowest BCUT2D eigenvalue weighted by Crippen LogP contribution is -2.67. The van der Waals surface area contributed by atoms with Crippen LogP contribution in [-0.2, 0) is 25.2 Å². The Morgan fingerprint density at radius 1 is 0.590 bits per heavy atom. The zero-order chi connectivity index (χ0) is 27.4. The second-order valence-electron chi connectivity index (χ2n) is 10.6. The van der Waals surface area contributed by atoms with Gasteiger partial charge in [0, 0.05) is 7.11 Å². The molecule has 39 heavy (non-hydrogen) atoms. The van der Waals surface area contributed by atoms with E-state index in [2.05, 4.69) is 6.92 Å². The number of benzene rings is 4. The highest BCUT2D eigenvalue weighted by atomic mass is 16.6. The van der Waals surface area contributed by atoms with Gasteiger partial charge in [-0.2, -0.15) is 0 Å². The summed E-state index contributed by atoms with van der Waals surface area (Å²) in [5, 5.41) is 0. The van der Waals surface area contributed by atoms with Gasteiger partial charge in [0.25, 0.3) is 0 Å². The van der Waals surface area contributed by atoms with E-state index in [1.54, 1.807) is 31.4 Å². The van der Waals surface area contributed by atoms with E-state index in [0.29, 0.717) is 11.1 Å². The fraction of sp³-hybridized carbons (Fsp3) is 0.235. The highest BCUT2D eigenvalue weighted by molar-refractivity contribution is 5.91. The summed E-state index contributed by atoms with van der Waals surface area (Å²) in [5.41, 5.74) is 4.72. The van der Waals surface area contributed by atoms with Crippen molar-refractivity contribution in [1.82, 2.24) is 0 Å². The molecule has 4 aromatic rings. The summed E-state index contributed by atoms with van der Waals surface area (Å²) in [4.78, 5) is 27.2. The first-order valence-electron chi connectivity index (χ1n) is 13.1. The number of carbonyl (C=O) groups is 2. The zero-order valence-corrected chi connectivity index (χ0v) is 22.4. The lowest BCUT2D eigenvalue weighted by Gasteiger charge is -2.59. The molecule has 0 heterocycles. The number of hydrogen-bond acceptors (Lipinski definition) is 5. The second kappa shape index (κ2) is 9.21. The molecule has 0 saturated heterocycles. The lowest BCUT2D eigenvalue weighted by atomic mass is 9.51. The van der Waals surface area contributed by atoms with Crippen LogP contribution < -0.4 is 0 Å². The highest BCUT2D eigenvalue weighted by Crippen LogP contribution is 2.61. The van der Waals surface area contributed by atoms with Crippen molar-refractivity contribution in [2.45, 2.75) is 44.0 Å². The normalized spacial score (nSPS) is 24.4. The zero-order valence-electron chi connectivity index (χ0n) is 22.4. The van der Waals surface area contributed by atoms with E-state index < -0.39 is 35.2 Å². The Morgan fingerprint density at radius 3 is 1.38 bits per heavy atom. The summed E-state index contributed by atoms with van der Waals surface area (Å²) >= 11 is 0. The number of aryl methyl sites for hydroxylation is 2. The molecule has 0 radical (unpaired) electrons. The fourth-order valence-electron chi connectivity index (χ4n) is 6.35. The highest BCUT2D eigenvalue weighted by Gasteiger charge is 2.68. The maximum Gasteiger partial charge on any atom is 0.338 e. The molecule has 0 saturated carbocycles. The Bertz CT molecular complexity index is 1520. The van der Waals surface area contributed by atoms with E-state index in [-0.39, 0.29) is 0 Å². The van der Waals surface area contributed by atoms with Gasteiger partial charge in [-0.1, -0.05) is 83.9 Å². The third kappa shape index (κ3) is 3.64. The average Bonchev–Trinajstić information content (AvgIpc) is 2.96. The summed E-state index contributed by atoms with van der Waals surface area (Å²) in [7, 11) is 1.62. The first kappa shape index (κ1) is 25.1. The molecule has 5 heteroatoms. The summed E-state index contributed by atoms with van der Waals surface area (Å²) in [6.07, 6.45) is -1.80. The van der Waals surface area contributed by atoms with Crippen molar-refractivity contribution in [1.29, 1.82) is 0 Å². The third-order valence-corrected chi connectivity index (χ3v) is 8.38. The molecule has 0 aromatic heterocycles. The molecule has 0 aliphatic heterocycles. The van der Waals surface area contributed by atoms with Gasteiger partial charge in [-0.3, -0.25) is 0 Å². The maximum atomic E-state index is 13.6. The Kier molecular flexibility index (Phi) is 5.92. The first-order valence-corrected chi connectivity index (χ1v) is 13.1. The monoisotopic (exact) mass is 518 g/mol. The van der Waals surface area contributed by atoms with Crippen LogP contribution in [0.25, 0.3) is 0 Å². The standard InChI is InChI=1S/C34H30O5/c1-21-13-17-23(18-14-21)31(35)38-29-30(39-32(36)24-19-15-22(2)16-20-24)34(37-4)27-11-7-5-9-25(27)33(29,3)26-10-6-8-12-28(26)34/h5-20,29-30H,1-4H3. The minimum absolute atomic E-state index is 0.420. The van der Waals surface area contributed by atoms with Crippen LogP contribution in [0.5, 0.6) is 0 Å². The van der Waals surface area contributed by atoms with Gasteiger partial charge < -0.3 is 14.2 Å². The van der Waals surface area contributed by atoms with Gasteiger partial charge >= 0.3 is 11.9 Å². The summed E-state index contributed by atoms with van der Waals surface area (Å²) in [5.74, 6) is -0.981. The van der Waals surface area contributed by atoms with E-state index in [0.717, 1.165) is 33.4 Å². The topological polar surface area (TPSA) is 61.8 Å². The smallest absolute Gasteiger partial charge is 0.338 e. The van der Waals surface area contributed by atoms with E-state index >= 15 is 0 Å². The molecule has 2 unspecified atom stereocenters. The van der Waals surface area contributed by atoms with E-state index in [9.17, 15) is 9.59 Å². The Balaban J connectivity index is 1.54. The molecule has 3 aliphatic carbocycles. The number of fused-ring (bicyclic) bond motifs is 1. The quantitative estimate of drug-likeness (QED) is 0.291. The molecule has 4 aromatic carbocycles. The number of esters is 2. The number of ether oxygens (including phenoxy) is 3. The second-order valence-corrected chi connectivity index (χ2v) is 10.6. The number of methoxy groups -OCH3 is 1. The number of hydrogen-bond donors (Lipinski definition) is 0. The minimum atomic E-state index is -1.18. The molecule has 2 bridgehead atoms. The Hall–Kier alpha value is -4.22. The van der Waals surface area contributed by atoms with Crippen LogP contribution in [0.2, 0.25) is 0 Å². The number of carbonyl (C=O) groups excluding carboxylic acids is 2. The molecular weight excluding hydrogens is 488 g/mol. The van der Waals surface area contributed by atoms with E-state index in [1.165, 1.54) is 0 Å². The van der Waals surface area contributed by atoms with Crippen molar-refractivity contribution in [3.63, 3.8) is 0 Å². The molecule has 0 fully saturated rings. The molecule has 2 atom stereocenters. The van der Waals surface area contributed by atoms with Gasteiger partial charge in [0.05, 0.1) is 16.5 Å². The van der Waals surface area contributed by atoms with Crippen LogP contribution in [0.1, 0.15) is 61.0 Å². The van der Waals surface area contributed by atoms with Crippen molar-refractivity contribution in [3.8, 4) is 0 Å². The van der Waals surface area contributed by atoms with E-state index in [1.807, 2.05) is 86.6 Å². The Morgan fingerprint density at radius 2 is 0.974 bits per heavy atom. The molecular formula is C34H30O5. The van der Waals surface area contributed by atoms with Gasteiger partial charge in [-0.25, -0.2) is 9.59 Å². The fourth-order valence-corrected chi connectivity index (χ4v) is 6.35. The van der Waals surface area contributed by atoms with E-state index in [4.69, 9.17) is 14.2 Å². The van der Waals surface area contributed by atoms with Gasteiger partial charge in [0.1, 0.15) is 0 Å². The molecule has 3 aliphatic rings. The van der Waals surface area contributed by atoms with Crippen LogP contribution in [-0.4, -0.2) is 31.3 Å². The molecule has 0 amide bonds. The lowest BCUT2D eigenvalue weighted by molar-refractivity contribution is -0.167. The van der Waals surface area contributed by atoms with Gasteiger partial charge in [-0.05, 0) is 67.3 Å². The van der Waals surface area contributed by atoms with Crippen LogP contribution in [0.4, 0.5) is 0 Å². The minimum Gasteiger partial charge on any atom is -0.453 e. The molecule has 7 rings (SSSR count). The molecule has 196 valence electrons. The average molecular weight is 519 g/mol. The van der Waals surface area contributed by atoms with Crippen LogP contribution in [0.3, 0.4) is 0 Å². The molecule has 5 nitrogen and oxygen atoms in total. The van der Waals surface area contributed by atoms with Gasteiger partial charge in [0.15, 0.2) is 17.8 Å². The third-order valence-electron chi connectivity index (χ3n) is 8.38. The van der Waals surface area contributed by atoms with Gasteiger partial charge in [0.2, 0.25) is 0 Å². The summed E-state index contributed by atoms with van der Waals surface area (Å²) in [6.45, 7) is 5.99. The van der Waals surface area contributed by atoms with Crippen LogP contribution >= 0.6 is 0 Å². The van der Waals surface area contributed by atoms with Crippen molar-refractivity contribution < 1.29 is 23.8 Å². The Labute approximate surface area is 228 Å². The maximum absolute atomic E-state index is 13.6. The summed E-state index contributed by atoms with van der Waals surface area (Å²) in [6, 6.07) is 30.5. The molecule has 0 N–H and O–H groups in total. The first-order chi connectivity index (χ1) is 18.8. The summed E-state index contributed by atoms with van der Waals surface area (Å²) < 4.78 is 19.1. The predicted molar refractivity (Wildman–Crippen MR) is 148 cm³/mol. The molecule has 0 spiro atoms. The largest absolute Gasteiger partial charge is 0.453 e. The predicted octanol–water partition coefficient (Wildman–Crippen LogP) is 6.28. The van der Waals surface area contributed by atoms with Crippen molar-refractivity contribution in [2.24, 2.45) is 0 Å². The number of rotatable bonds is 5. The van der Waals surface area contributed by atoms with Crippen LogP contribution in [0.15, 0.2) is 97.1 Å². The van der Waals surface area contributed by atoms with Crippen molar-refractivity contribution in [3.05, 3.63) is 142 Å². The SMILES string of the molecule is COC12c3ccccc3C(C)(c3ccccc31)C(OC(=O)c1ccc(C)cc1)C2OC(=O)c1ccc(C)cc1. The van der Waals surface area contributed by atoms with Crippen LogP contribution in [0, 0.1) is 13.8 Å². The van der Waals surface area contributed by atoms with Gasteiger partial charge in [-0.15, -0.1) is 0 Å².